The van der Waals surface area contributed by atoms with Crippen molar-refractivity contribution in [3.63, 3.8) is 0 Å². The van der Waals surface area contributed by atoms with Gasteiger partial charge in [-0.15, -0.1) is 24.0 Å². The number of amides is 1. The molecule has 0 fully saturated rings. The van der Waals surface area contributed by atoms with E-state index >= 15 is 0 Å². The van der Waals surface area contributed by atoms with Crippen molar-refractivity contribution in [1.29, 1.82) is 0 Å². The van der Waals surface area contributed by atoms with Gasteiger partial charge in [0.2, 0.25) is 5.91 Å². The van der Waals surface area contributed by atoms with E-state index < -0.39 is 0 Å². The number of nitrogens with one attached hydrogen (secondary N) is 3. The van der Waals surface area contributed by atoms with E-state index in [2.05, 4.69) is 27.9 Å². The van der Waals surface area contributed by atoms with Crippen LogP contribution in [0, 0.1) is 0 Å². The maximum atomic E-state index is 11.4. The number of rotatable bonds is 13. The number of carbonyl (C=O) groups excluding carboxylic acids is 1. The number of hydrogen-bond donors (Lipinski definition) is 3. The Kier molecular flexibility index (Phi) is 20.8. The first kappa shape index (κ1) is 24.6. The summed E-state index contributed by atoms with van der Waals surface area (Å²) in [5, 5.41) is 8.91. The monoisotopic (exact) mass is 444 g/mol. The minimum absolute atomic E-state index is 0. The SMILES string of the molecule is CCCCOCCOCCNC(=NCC(=O)NCC)NCC.I. The van der Waals surface area contributed by atoms with Crippen LogP contribution in [-0.2, 0) is 14.3 Å². The first-order chi connectivity index (χ1) is 10.7. The number of carbonyl (C=O) groups is 1. The van der Waals surface area contributed by atoms with Gasteiger partial charge in [-0.05, 0) is 20.3 Å². The molecule has 0 atom stereocenters. The average molecular weight is 444 g/mol. The van der Waals surface area contributed by atoms with Gasteiger partial charge in [0, 0.05) is 26.2 Å². The number of nitrogens with zero attached hydrogens (tertiary/aromatic N) is 1. The molecule has 0 aromatic rings. The van der Waals surface area contributed by atoms with Crippen LogP contribution in [-0.4, -0.2) is 64.5 Å². The Hall–Kier alpha value is -0.610. The maximum absolute atomic E-state index is 11.4. The molecule has 0 saturated carbocycles. The summed E-state index contributed by atoms with van der Waals surface area (Å²) in [6.07, 6.45) is 2.24. The lowest BCUT2D eigenvalue weighted by Gasteiger charge is -2.11. The summed E-state index contributed by atoms with van der Waals surface area (Å²) in [5.41, 5.74) is 0. The Morgan fingerprint density at radius 2 is 1.57 bits per heavy atom. The van der Waals surface area contributed by atoms with Crippen LogP contribution in [0.1, 0.15) is 33.6 Å². The average Bonchev–Trinajstić information content (AvgIpc) is 2.51. The highest BCUT2D eigenvalue weighted by atomic mass is 127. The molecule has 1 amide bonds. The maximum Gasteiger partial charge on any atom is 0.241 e. The highest BCUT2D eigenvalue weighted by Crippen LogP contribution is 1.87. The molecule has 0 rings (SSSR count). The van der Waals surface area contributed by atoms with Crippen LogP contribution in [0.3, 0.4) is 0 Å². The van der Waals surface area contributed by atoms with Crippen LogP contribution in [0.15, 0.2) is 4.99 Å². The lowest BCUT2D eigenvalue weighted by molar-refractivity contribution is -0.119. The predicted molar refractivity (Wildman–Crippen MR) is 105 cm³/mol. The van der Waals surface area contributed by atoms with Crippen molar-refractivity contribution >= 4 is 35.8 Å². The largest absolute Gasteiger partial charge is 0.379 e. The lowest BCUT2D eigenvalue weighted by Crippen LogP contribution is -2.40. The highest BCUT2D eigenvalue weighted by molar-refractivity contribution is 14.0. The van der Waals surface area contributed by atoms with Gasteiger partial charge in [-0.1, -0.05) is 13.3 Å². The van der Waals surface area contributed by atoms with Gasteiger partial charge in [-0.2, -0.15) is 0 Å². The van der Waals surface area contributed by atoms with Crippen molar-refractivity contribution in [1.82, 2.24) is 16.0 Å². The molecule has 0 aromatic carbocycles. The summed E-state index contributed by atoms with van der Waals surface area (Å²) in [6.45, 7) is 10.7. The van der Waals surface area contributed by atoms with E-state index in [1.807, 2.05) is 13.8 Å². The third kappa shape index (κ3) is 17.6. The number of unbranched alkanes of at least 4 members (excludes halogenated alkanes) is 1. The Bertz CT molecular complexity index is 304. The fourth-order valence-corrected chi connectivity index (χ4v) is 1.56. The molecular formula is C15H33IN4O3. The molecular weight excluding hydrogens is 411 g/mol. The fraction of sp³-hybridized carbons (Fsp3) is 0.867. The molecule has 0 heterocycles. The van der Waals surface area contributed by atoms with Crippen LogP contribution in [0.25, 0.3) is 0 Å². The van der Waals surface area contributed by atoms with Gasteiger partial charge in [-0.3, -0.25) is 4.79 Å². The number of hydrogen-bond acceptors (Lipinski definition) is 4. The topological polar surface area (TPSA) is 84.0 Å². The standard InChI is InChI=1S/C15H32N4O3.HI/c1-4-7-9-21-11-12-22-10-8-18-15(17-6-3)19-13-14(20)16-5-2;/h4-13H2,1-3H3,(H,16,20)(H2,17,18,19);1H. The van der Waals surface area contributed by atoms with Crippen LogP contribution in [0.5, 0.6) is 0 Å². The quantitative estimate of drug-likeness (QED) is 0.172. The van der Waals surface area contributed by atoms with E-state index in [1.54, 1.807) is 0 Å². The zero-order chi connectivity index (χ0) is 16.5. The Labute approximate surface area is 157 Å². The summed E-state index contributed by atoms with van der Waals surface area (Å²) in [6, 6.07) is 0. The van der Waals surface area contributed by atoms with Gasteiger partial charge >= 0.3 is 0 Å². The summed E-state index contributed by atoms with van der Waals surface area (Å²) in [5.74, 6) is 0.539. The summed E-state index contributed by atoms with van der Waals surface area (Å²) >= 11 is 0. The molecule has 3 N–H and O–H groups in total. The predicted octanol–water partition coefficient (Wildman–Crippen LogP) is 1.13. The normalized spacial score (nSPS) is 10.8. The Balaban J connectivity index is 0. The number of guanidine groups is 1. The first-order valence-electron chi connectivity index (χ1n) is 8.18. The molecule has 0 aliphatic rings. The minimum atomic E-state index is -0.0832. The fourth-order valence-electron chi connectivity index (χ4n) is 1.56. The van der Waals surface area contributed by atoms with Crippen molar-refractivity contribution in [2.75, 3.05) is 52.6 Å². The smallest absolute Gasteiger partial charge is 0.241 e. The third-order valence-electron chi connectivity index (χ3n) is 2.65. The zero-order valence-electron chi connectivity index (χ0n) is 14.7. The summed E-state index contributed by atoms with van der Waals surface area (Å²) in [7, 11) is 0. The van der Waals surface area contributed by atoms with Gasteiger partial charge in [0.15, 0.2) is 5.96 Å². The second-order valence-electron chi connectivity index (χ2n) is 4.65. The van der Waals surface area contributed by atoms with E-state index in [4.69, 9.17) is 9.47 Å². The first-order valence-corrected chi connectivity index (χ1v) is 8.18. The van der Waals surface area contributed by atoms with Crippen LogP contribution < -0.4 is 16.0 Å². The lowest BCUT2D eigenvalue weighted by atomic mass is 10.4. The van der Waals surface area contributed by atoms with E-state index in [0.717, 1.165) is 26.0 Å². The van der Waals surface area contributed by atoms with E-state index in [-0.39, 0.29) is 36.4 Å². The van der Waals surface area contributed by atoms with Crippen LogP contribution in [0.4, 0.5) is 0 Å². The van der Waals surface area contributed by atoms with Gasteiger partial charge < -0.3 is 25.4 Å². The number of aliphatic imine (C=N–C) groups is 1. The van der Waals surface area contributed by atoms with Gasteiger partial charge in [0.25, 0.3) is 0 Å². The van der Waals surface area contributed by atoms with Crippen LogP contribution in [0.2, 0.25) is 0 Å². The second kappa shape index (κ2) is 19.4. The molecule has 138 valence electrons. The van der Waals surface area contributed by atoms with Crippen molar-refractivity contribution in [2.24, 2.45) is 4.99 Å². The van der Waals surface area contributed by atoms with Crippen molar-refractivity contribution in [2.45, 2.75) is 33.6 Å². The molecule has 0 unspecified atom stereocenters. The van der Waals surface area contributed by atoms with E-state index in [1.165, 1.54) is 0 Å². The summed E-state index contributed by atoms with van der Waals surface area (Å²) in [4.78, 5) is 15.6. The van der Waals surface area contributed by atoms with E-state index in [9.17, 15) is 4.79 Å². The van der Waals surface area contributed by atoms with Gasteiger partial charge in [0.05, 0.1) is 19.8 Å². The highest BCUT2D eigenvalue weighted by Gasteiger charge is 2.00. The van der Waals surface area contributed by atoms with Crippen molar-refractivity contribution in [3.05, 3.63) is 0 Å². The van der Waals surface area contributed by atoms with Gasteiger partial charge in [-0.25, -0.2) is 4.99 Å². The van der Waals surface area contributed by atoms with Crippen molar-refractivity contribution in [3.8, 4) is 0 Å². The number of ether oxygens (including phenoxy) is 2. The molecule has 0 aliphatic heterocycles. The molecule has 0 aliphatic carbocycles. The van der Waals surface area contributed by atoms with Crippen LogP contribution >= 0.6 is 24.0 Å². The van der Waals surface area contributed by atoms with E-state index in [0.29, 0.717) is 38.9 Å². The van der Waals surface area contributed by atoms with Gasteiger partial charge in [0.1, 0.15) is 6.54 Å². The molecule has 8 heteroatoms. The molecule has 0 bridgehead atoms. The summed E-state index contributed by atoms with van der Waals surface area (Å²) < 4.78 is 10.9. The zero-order valence-corrected chi connectivity index (χ0v) is 17.0. The molecule has 0 spiro atoms. The molecule has 0 saturated heterocycles. The Morgan fingerprint density at radius 3 is 2.17 bits per heavy atom. The second-order valence-corrected chi connectivity index (χ2v) is 4.65. The molecule has 0 radical (unpaired) electrons. The molecule has 23 heavy (non-hydrogen) atoms. The molecule has 0 aromatic heterocycles. The third-order valence-corrected chi connectivity index (χ3v) is 2.65. The number of likely N-dealkylation sites (N-methyl/N-ethyl adjacent to an activating group) is 1. The van der Waals surface area contributed by atoms with Crippen molar-refractivity contribution < 1.29 is 14.3 Å². The number of halogens is 1. The molecule has 7 nitrogen and oxygen atoms in total. The minimum Gasteiger partial charge on any atom is -0.379 e. The Morgan fingerprint density at radius 1 is 0.913 bits per heavy atom.